The molecule has 0 heterocycles. The lowest BCUT2D eigenvalue weighted by Gasteiger charge is -2.24. The fourth-order valence-corrected chi connectivity index (χ4v) is 1.80. The van der Waals surface area contributed by atoms with Gasteiger partial charge in [0.05, 0.1) is 0 Å². The van der Waals surface area contributed by atoms with Gasteiger partial charge in [0.25, 0.3) is 0 Å². The van der Waals surface area contributed by atoms with Crippen LogP contribution < -0.4 is 0 Å². The molecule has 108 valence electrons. The van der Waals surface area contributed by atoms with Crippen molar-refractivity contribution in [2.45, 2.75) is 93.6 Å². The minimum absolute atomic E-state index is 0.167. The van der Waals surface area contributed by atoms with Gasteiger partial charge >= 0.3 is 0 Å². The zero-order valence-electron chi connectivity index (χ0n) is 13.7. The topological polar surface area (TPSA) is 20.2 Å². The molecule has 0 amide bonds. The molecule has 0 aromatic rings. The minimum Gasteiger partial charge on any atom is -0.394 e. The normalized spacial score (nSPS) is 15.0. The average molecular weight is 246 g/mol. The minimum atomic E-state index is -0.167. The summed E-state index contributed by atoms with van der Waals surface area (Å²) in [6, 6.07) is 0. The summed E-state index contributed by atoms with van der Waals surface area (Å²) in [5.41, 5.74) is 0. The summed E-state index contributed by atoms with van der Waals surface area (Å²) in [5.74, 6) is 1.99. The summed E-state index contributed by atoms with van der Waals surface area (Å²) in [7, 11) is 0. The molecule has 0 unspecified atom stereocenters. The molecule has 1 nitrogen and oxygen atoms in total. The molecule has 0 atom stereocenters. The standard InChI is InChI=1S/C9H18.C3H8O.2C2H6/c1-8(2)9-6-4-3-5-7-9;1-3(2)4;2*1-2/h8-9H,3-7H2,1-2H3;3-4H,1-2H3;2*1-2H3. The average Bonchev–Trinajstić information content (AvgIpc) is 2.34. The van der Waals surface area contributed by atoms with Crippen LogP contribution in [0.2, 0.25) is 0 Å². The number of hydrogen-bond donors (Lipinski definition) is 1. The Hall–Kier alpha value is -0.0400. The maximum Gasteiger partial charge on any atom is 0.0483 e. The largest absolute Gasteiger partial charge is 0.394 e. The monoisotopic (exact) mass is 246 g/mol. The van der Waals surface area contributed by atoms with Crippen molar-refractivity contribution in [3.05, 3.63) is 0 Å². The fraction of sp³-hybridized carbons (Fsp3) is 1.00. The lowest BCUT2D eigenvalue weighted by Crippen LogP contribution is -2.12. The van der Waals surface area contributed by atoms with Crippen LogP contribution in [0.1, 0.15) is 87.5 Å². The van der Waals surface area contributed by atoms with E-state index in [0.29, 0.717) is 0 Å². The van der Waals surface area contributed by atoms with Gasteiger partial charge in [-0.1, -0.05) is 73.6 Å². The smallest absolute Gasteiger partial charge is 0.0483 e. The Labute approximate surface area is 111 Å². The predicted octanol–water partition coefficient (Wildman–Crippen LogP) is 5.66. The highest BCUT2D eigenvalue weighted by Gasteiger charge is 2.15. The van der Waals surface area contributed by atoms with Crippen molar-refractivity contribution < 1.29 is 5.11 Å². The lowest BCUT2D eigenvalue weighted by atomic mass is 9.82. The molecule has 0 spiro atoms. The van der Waals surface area contributed by atoms with Gasteiger partial charge in [-0.3, -0.25) is 0 Å². The van der Waals surface area contributed by atoms with E-state index in [1.165, 1.54) is 32.1 Å². The second kappa shape index (κ2) is 18.3. The molecule has 0 aliphatic heterocycles. The Morgan fingerprint density at radius 2 is 1.06 bits per heavy atom. The summed E-state index contributed by atoms with van der Waals surface area (Å²) in [6.07, 6.45) is 7.30. The van der Waals surface area contributed by atoms with Crippen LogP contribution in [0.15, 0.2) is 0 Å². The highest BCUT2D eigenvalue weighted by atomic mass is 16.3. The van der Waals surface area contributed by atoms with Gasteiger partial charge in [0.1, 0.15) is 0 Å². The first-order valence-electron chi connectivity index (χ1n) is 7.72. The van der Waals surface area contributed by atoms with E-state index in [4.69, 9.17) is 5.11 Å². The molecular weight excluding hydrogens is 208 g/mol. The van der Waals surface area contributed by atoms with Crippen molar-refractivity contribution in [1.29, 1.82) is 0 Å². The quantitative estimate of drug-likeness (QED) is 0.632. The molecule has 1 saturated carbocycles. The molecule has 1 rings (SSSR count). The van der Waals surface area contributed by atoms with Crippen LogP contribution in [-0.2, 0) is 0 Å². The molecule has 1 heteroatoms. The van der Waals surface area contributed by atoms with Gasteiger partial charge in [0, 0.05) is 6.10 Å². The first-order chi connectivity index (χ1) is 8.04. The van der Waals surface area contributed by atoms with Crippen molar-refractivity contribution in [3.8, 4) is 0 Å². The zero-order valence-corrected chi connectivity index (χ0v) is 13.7. The van der Waals surface area contributed by atoms with Crippen LogP contribution in [0.25, 0.3) is 0 Å². The van der Waals surface area contributed by atoms with Gasteiger partial charge in [-0.05, 0) is 25.7 Å². The van der Waals surface area contributed by atoms with Crippen molar-refractivity contribution in [2.75, 3.05) is 0 Å². The molecule has 1 aliphatic carbocycles. The number of hydrogen-bond acceptors (Lipinski definition) is 1. The lowest BCUT2D eigenvalue weighted by molar-refractivity contribution is 0.216. The van der Waals surface area contributed by atoms with Gasteiger partial charge < -0.3 is 5.11 Å². The Morgan fingerprint density at radius 1 is 0.765 bits per heavy atom. The molecular formula is C16H38O. The summed E-state index contributed by atoms with van der Waals surface area (Å²) in [5, 5.41) is 8.06. The highest BCUT2D eigenvalue weighted by Crippen LogP contribution is 2.29. The Morgan fingerprint density at radius 3 is 1.24 bits per heavy atom. The number of aliphatic hydroxyl groups is 1. The van der Waals surface area contributed by atoms with E-state index in [2.05, 4.69) is 13.8 Å². The summed E-state index contributed by atoms with van der Waals surface area (Å²) in [6.45, 7) is 16.2. The molecule has 1 aliphatic rings. The van der Waals surface area contributed by atoms with E-state index in [0.717, 1.165) is 11.8 Å². The SMILES string of the molecule is CC.CC.CC(C)C1CCCCC1.CC(C)O. The number of rotatable bonds is 1. The summed E-state index contributed by atoms with van der Waals surface area (Å²) < 4.78 is 0. The van der Waals surface area contributed by atoms with Gasteiger partial charge in [-0.2, -0.15) is 0 Å². The van der Waals surface area contributed by atoms with Crippen molar-refractivity contribution in [3.63, 3.8) is 0 Å². The van der Waals surface area contributed by atoms with Gasteiger partial charge in [-0.15, -0.1) is 0 Å². The van der Waals surface area contributed by atoms with Gasteiger partial charge in [-0.25, -0.2) is 0 Å². The molecule has 0 radical (unpaired) electrons. The van der Waals surface area contributed by atoms with Crippen molar-refractivity contribution in [1.82, 2.24) is 0 Å². The number of aliphatic hydroxyl groups excluding tert-OH is 1. The van der Waals surface area contributed by atoms with E-state index in [1.54, 1.807) is 13.8 Å². The zero-order chi connectivity index (χ0) is 14.3. The summed E-state index contributed by atoms with van der Waals surface area (Å²) in [4.78, 5) is 0. The van der Waals surface area contributed by atoms with E-state index in [9.17, 15) is 0 Å². The first-order valence-corrected chi connectivity index (χ1v) is 7.72. The predicted molar refractivity (Wildman–Crippen MR) is 81.5 cm³/mol. The Bertz CT molecular complexity index is 99.3. The van der Waals surface area contributed by atoms with Gasteiger partial charge in [0.2, 0.25) is 0 Å². The maximum atomic E-state index is 8.06. The maximum absolute atomic E-state index is 8.06. The van der Waals surface area contributed by atoms with Crippen LogP contribution in [-0.4, -0.2) is 11.2 Å². The van der Waals surface area contributed by atoms with Crippen LogP contribution in [0.4, 0.5) is 0 Å². The fourth-order valence-electron chi connectivity index (χ4n) is 1.80. The van der Waals surface area contributed by atoms with E-state index in [1.807, 2.05) is 27.7 Å². The second-order valence-corrected chi connectivity index (χ2v) is 4.74. The molecule has 17 heavy (non-hydrogen) atoms. The highest BCUT2D eigenvalue weighted by molar-refractivity contribution is 4.67. The van der Waals surface area contributed by atoms with Crippen LogP contribution >= 0.6 is 0 Å². The van der Waals surface area contributed by atoms with Crippen molar-refractivity contribution >= 4 is 0 Å². The molecule has 1 fully saturated rings. The second-order valence-electron chi connectivity index (χ2n) is 4.74. The molecule has 0 saturated heterocycles. The van der Waals surface area contributed by atoms with E-state index >= 15 is 0 Å². The molecule has 0 aromatic carbocycles. The van der Waals surface area contributed by atoms with E-state index in [-0.39, 0.29) is 6.10 Å². The van der Waals surface area contributed by atoms with Crippen LogP contribution in [0.3, 0.4) is 0 Å². The summed E-state index contributed by atoms with van der Waals surface area (Å²) >= 11 is 0. The Balaban J connectivity index is -0.000000208. The van der Waals surface area contributed by atoms with Gasteiger partial charge in [0.15, 0.2) is 0 Å². The third kappa shape index (κ3) is 21.7. The van der Waals surface area contributed by atoms with E-state index < -0.39 is 0 Å². The molecule has 0 aromatic heterocycles. The third-order valence-corrected chi connectivity index (χ3v) is 2.59. The van der Waals surface area contributed by atoms with Crippen LogP contribution in [0.5, 0.6) is 0 Å². The third-order valence-electron chi connectivity index (χ3n) is 2.59. The van der Waals surface area contributed by atoms with Crippen LogP contribution in [0, 0.1) is 11.8 Å². The van der Waals surface area contributed by atoms with Crippen molar-refractivity contribution in [2.24, 2.45) is 11.8 Å². The molecule has 0 bridgehead atoms. The molecule has 1 N–H and O–H groups in total. The Kier molecular flexibility index (Phi) is 23.9. The first kappa shape index (κ1) is 22.2.